The van der Waals surface area contributed by atoms with Gasteiger partial charge in [-0.2, -0.15) is 0 Å². The van der Waals surface area contributed by atoms with Crippen LogP contribution < -0.4 is 19.7 Å². The number of thioether (sulfide) groups is 1. The lowest BCUT2D eigenvalue weighted by molar-refractivity contribution is -0.114. The van der Waals surface area contributed by atoms with E-state index < -0.39 is 0 Å². The Morgan fingerprint density at radius 2 is 1.93 bits per heavy atom. The first-order chi connectivity index (χ1) is 13.0. The molecule has 2 aromatic carbocycles. The van der Waals surface area contributed by atoms with Gasteiger partial charge in [-0.3, -0.25) is 14.5 Å². The molecule has 8 heteroatoms. The molecule has 1 N–H and O–H groups in total. The van der Waals surface area contributed by atoms with Crippen molar-refractivity contribution in [2.75, 3.05) is 17.0 Å². The molecule has 2 heterocycles. The Kier molecular flexibility index (Phi) is 4.59. The number of fused-ring (bicyclic) bond motifs is 1. The van der Waals surface area contributed by atoms with Crippen LogP contribution in [0.2, 0.25) is 0 Å². The largest absolute Gasteiger partial charge is 0.454 e. The minimum absolute atomic E-state index is 0.132. The number of anilines is 2. The van der Waals surface area contributed by atoms with Gasteiger partial charge in [0.2, 0.25) is 12.7 Å². The highest BCUT2D eigenvalue weighted by molar-refractivity contribution is 8.27. The predicted octanol–water partition coefficient (Wildman–Crippen LogP) is 3.78. The highest BCUT2D eigenvalue weighted by atomic mass is 32.2. The number of ether oxygens (including phenoxy) is 2. The number of benzene rings is 2. The molecule has 0 saturated carbocycles. The van der Waals surface area contributed by atoms with Crippen molar-refractivity contribution in [2.45, 2.75) is 6.92 Å². The van der Waals surface area contributed by atoms with E-state index in [9.17, 15) is 9.59 Å². The number of hydrogen-bond donors (Lipinski definition) is 1. The molecule has 6 nitrogen and oxygen atoms in total. The molecule has 0 atom stereocenters. The predicted molar refractivity (Wildman–Crippen MR) is 109 cm³/mol. The van der Waals surface area contributed by atoms with Crippen molar-refractivity contribution in [3.8, 4) is 11.5 Å². The van der Waals surface area contributed by atoms with E-state index in [-0.39, 0.29) is 18.6 Å². The van der Waals surface area contributed by atoms with Gasteiger partial charge in [0.15, 0.2) is 15.8 Å². The number of carbonyl (C=O) groups excluding carboxylic acids is 2. The van der Waals surface area contributed by atoms with E-state index in [1.807, 2.05) is 12.1 Å². The summed E-state index contributed by atoms with van der Waals surface area (Å²) in [5, 5.41) is 2.71. The van der Waals surface area contributed by atoms with Crippen LogP contribution in [0.4, 0.5) is 11.4 Å². The molecule has 2 aromatic rings. The average molecular weight is 398 g/mol. The van der Waals surface area contributed by atoms with Gasteiger partial charge in [-0.25, -0.2) is 0 Å². The van der Waals surface area contributed by atoms with Gasteiger partial charge in [0.25, 0.3) is 5.91 Å². The number of nitrogens with zero attached hydrogens (tertiary/aromatic N) is 1. The van der Waals surface area contributed by atoms with Crippen molar-refractivity contribution in [3.63, 3.8) is 0 Å². The van der Waals surface area contributed by atoms with Gasteiger partial charge in [0.05, 0.1) is 10.6 Å². The molecule has 0 aliphatic carbocycles. The molecule has 27 heavy (non-hydrogen) atoms. The van der Waals surface area contributed by atoms with Gasteiger partial charge >= 0.3 is 0 Å². The van der Waals surface area contributed by atoms with Crippen LogP contribution in [0.3, 0.4) is 0 Å². The van der Waals surface area contributed by atoms with Gasteiger partial charge in [-0.1, -0.05) is 36.1 Å². The summed E-state index contributed by atoms with van der Waals surface area (Å²) in [5.74, 6) is 0.931. The third-order valence-electron chi connectivity index (χ3n) is 3.94. The van der Waals surface area contributed by atoms with Crippen molar-refractivity contribution in [1.82, 2.24) is 0 Å². The number of thiocarbonyl (C=S) groups is 1. The maximum Gasteiger partial charge on any atom is 0.270 e. The zero-order valence-electron chi connectivity index (χ0n) is 14.2. The topological polar surface area (TPSA) is 67.9 Å². The van der Waals surface area contributed by atoms with Gasteiger partial charge in [0.1, 0.15) is 0 Å². The fourth-order valence-electron chi connectivity index (χ4n) is 2.73. The Bertz CT molecular complexity index is 986. The maximum absolute atomic E-state index is 12.9. The summed E-state index contributed by atoms with van der Waals surface area (Å²) >= 11 is 6.64. The average Bonchev–Trinajstić information content (AvgIpc) is 3.20. The summed E-state index contributed by atoms with van der Waals surface area (Å²) in [6, 6.07) is 12.5. The van der Waals surface area contributed by atoms with Crippen LogP contribution in [0.5, 0.6) is 11.5 Å². The molecule has 4 rings (SSSR count). The molecular formula is C19H14N2O4S2. The molecule has 2 aliphatic heterocycles. The zero-order valence-corrected chi connectivity index (χ0v) is 15.9. The van der Waals surface area contributed by atoms with E-state index in [0.29, 0.717) is 32.1 Å². The molecule has 0 aromatic heterocycles. The quantitative estimate of drug-likeness (QED) is 0.627. The number of hydrogen-bond acceptors (Lipinski definition) is 6. The van der Waals surface area contributed by atoms with Gasteiger partial charge in [-0.05, 0) is 35.9 Å². The Hall–Kier alpha value is -2.84. The summed E-state index contributed by atoms with van der Waals surface area (Å²) < 4.78 is 11.1. The number of carbonyl (C=O) groups is 2. The molecule has 0 spiro atoms. The normalized spacial score (nSPS) is 16.9. The summed E-state index contributed by atoms with van der Waals surface area (Å²) in [7, 11) is 0. The molecule has 136 valence electrons. The van der Waals surface area contributed by atoms with Crippen LogP contribution in [0.15, 0.2) is 47.4 Å². The fraction of sp³-hybridized carbons (Fsp3) is 0.105. The fourth-order valence-corrected chi connectivity index (χ4v) is 4.03. The summed E-state index contributed by atoms with van der Waals surface area (Å²) in [4.78, 5) is 26.0. The van der Waals surface area contributed by atoms with E-state index >= 15 is 0 Å². The van der Waals surface area contributed by atoms with Crippen molar-refractivity contribution < 1.29 is 19.1 Å². The first kappa shape index (κ1) is 17.6. The minimum atomic E-state index is -0.185. The molecule has 1 fully saturated rings. The van der Waals surface area contributed by atoms with Gasteiger partial charge in [0, 0.05) is 18.7 Å². The first-order valence-electron chi connectivity index (χ1n) is 8.06. The summed E-state index contributed by atoms with van der Waals surface area (Å²) in [6.45, 7) is 1.63. The standard InChI is InChI=1S/C19H14N2O4S2/c1-11(22)20-13-4-2-12(3-5-13)8-17-18(23)21(19(26)27-17)14-6-7-15-16(9-14)25-10-24-15/h2-9H,10H2,1H3,(H,20,22)/b17-8-. The molecule has 0 unspecified atom stereocenters. The van der Waals surface area contributed by atoms with Crippen LogP contribution in [0.1, 0.15) is 12.5 Å². The lowest BCUT2D eigenvalue weighted by Crippen LogP contribution is -2.27. The van der Waals surface area contributed by atoms with Gasteiger partial charge in [-0.15, -0.1) is 0 Å². The Labute approximate surface area is 165 Å². The van der Waals surface area contributed by atoms with Crippen LogP contribution in [-0.4, -0.2) is 22.9 Å². The van der Waals surface area contributed by atoms with E-state index in [2.05, 4.69) is 5.32 Å². The van der Waals surface area contributed by atoms with E-state index in [1.165, 1.54) is 23.6 Å². The molecular weight excluding hydrogens is 384 g/mol. The third-order valence-corrected chi connectivity index (χ3v) is 5.24. The highest BCUT2D eigenvalue weighted by Crippen LogP contribution is 2.40. The van der Waals surface area contributed by atoms with Gasteiger partial charge < -0.3 is 14.8 Å². The Morgan fingerprint density at radius 3 is 2.67 bits per heavy atom. The Balaban J connectivity index is 1.57. The summed E-state index contributed by atoms with van der Waals surface area (Å²) in [6.07, 6.45) is 1.78. The molecule has 0 radical (unpaired) electrons. The van der Waals surface area contributed by atoms with Crippen molar-refractivity contribution in [1.29, 1.82) is 0 Å². The number of rotatable bonds is 3. The second-order valence-electron chi connectivity index (χ2n) is 5.86. The van der Waals surface area contributed by atoms with Crippen LogP contribution in [-0.2, 0) is 9.59 Å². The molecule has 0 bridgehead atoms. The zero-order chi connectivity index (χ0) is 19.0. The molecule has 1 saturated heterocycles. The van der Waals surface area contributed by atoms with Crippen LogP contribution in [0.25, 0.3) is 6.08 Å². The lowest BCUT2D eigenvalue weighted by Gasteiger charge is -2.14. The maximum atomic E-state index is 12.9. The molecule has 2 amide bonds. The monoisotopic (exact) mass is 398 g/mol. The van der Waals surface area contributed by atoms with E-state index in [1.54, 1.807) is 36.4 Å². The number of nitrogens with one attached hydrogen (secondary N) is 1. The first-order valence-corrected chi connectivity index (χ1v) is 9.29. The second kappa shape index (κ2) is 7.05. The van der Waals surface area contributed by atoms with Crippen molar-refractivity contribution in [2.24, 2.45) is 0 Å². The second-order valence-corrected chi connectivity index (χ2v) is 7.53. The lowest BCUT2D eigenvalue weighted by atomic mass is 10.2. The van der Waals surface area contributed by atoms with Crippen LogP contribution >= 0.6 is 24.0 Å². The highest BCUT2D eigenvalue weighted by Gasteiger charge is 2.34. The van der Waals surface area contributed by atoms with Crippen molar-refractivity contribution >= 4 is 57.6 Å². The summed E-state index contributed by atoms with van der Waals surface area (Å²) in [5.41, 5.74) is 2.19. The van der Waals surface area contributed by atoms with Crippen molar-refractivity contribution in [3.05, 3.63) is 52.9 Å². The Morgan fingerprint density at radius 1 is 1.19 bits per heavy atom. The minimum Gasteiger partial charge on any atom is -0.454 e. The molecule has 2 aliphatic rings. The smallest absolute Gasteiger partial charge is 0.270 e. The van der Waals surface area contributed by atoms with E-state index in [4.69, 9.17) is 21.7 Å². The SMILES string of the molecule is CC(=O)Nc1ccc(/C=C2\SC(=S)N(c3ccc4c(c3)OCO4)C2=O)cc1. The van der Waals surface area contributed by atoms with E-state index in [0.717, 1.165) is 5.56 Å². The third kappa shape index (κ3) is 3.54. The number of amides is 2. The van der Waals surface area contributed by atoms with Crippen LogP contribution in [0, 0.1) is 0 Å².